The first-order valence-electron chi connectivity index (χ1n) is 11.8. The minimum Gasteiger partial charge on any atom is -0.323 e. The maximum atomic E-state index is 13.7. The van der Waals surface area contributed by atoms with E-state index in [0.717, 1.165) is 11.3 Å². The Morgan fingerprint density at radius 3 is 2.54 bits per heavy atom. The van der Waals surface area contributed by atoms with Gasteiger partial charge < -0.3 is 10.2 Å². The van der Waals surface area contributed by atoms with Crippen LogP contribution in [0.4, 0.5) is 5.69 Å². The van der Waals surface area contributed by atoms with Crippen LogP contribution < -0.4 is 5.32 Å². The van der Waals surface area contributed by atoms with Gasteiger partial charge in [0.25, 0.3) is 5.91 Å². The van der Waals surface area contributed by atoms with Gasteiger partial charge in [0.2, 0.25) is 11.7 Å². The second kappa shape index (κ2) is 10.3. The number of aromatic nitrogens is 2. The number of carbonyl (C=O) groups excluding carboxylic acids is 3. The smallest absolute Gasteiger partial charge is 0.256 e. The lowest BCUT2D eigenvalue weighted by Crippen LogP contribution is -2.46. The third-order valence-electron chi connectivity index (χ3n) is 6.23. The molecule has 37 heavy (non-hydrogen) atoms. The number of fused-ring (bicyclic) bond motifs is 1. The summed E-state index contributed by atoms with van der Waals surface area (Å²) in [5, 5.41) is 3.28. The number of aryl methyl sites for hydroxylation is 1. The fourth-order valence-corrected chi connectivity index (χ4v) is 4.51. The number of benzene rings is 2. The van der Waals surface area contributed by atoms with Gasteiger partial charge in [0, 0.05) is 41.1 Å². The van der Waals surface area contributed by atoms with Crippen LogP contribution in [0.15, 0.2) is 85.1 Å². The van der Waals surface area contributed by atoms with Crippen molar-refractivity contribution in [2.75, 3.05) is 5.32 Å². The van der Waals surface area contributed by atoms with Crippen molar-refractivity contribution < 1.29 is 14.4 Å². The number of hydrogen-bond donors (Lipinski definition) is 1. The molecule has 2 amide bonds. The van der Waals surface area contributed by atoms with Crippen molar-refractivity contribution in [1.29, 1.82) is 0 Å². The first kappa shape index (κ1) is 24.3. The highest BCUT2D eigenvalue weighted by Crippen LogP contribution is 2.28. The molecule has 2 aromatic heterocycles. The molecule has 5 rings (SSSR count). The van der Waals surface area contributed by atoms with Gasteiger partial charge in [-0.15, -0.1) is 0 Å². The van der Waals surface area contributed by atoms with Crippen molar-refractivity contribution in [3.05, 3.63) is 124 Å². The van der Waals surface area contributed by atoms with Gasteiger partial charge in [-0.25, -0.2) is 4.98 Å². The molecule has 0 saturated carbocycles. The summed E-state index contributed by atoms with van der Waals surface area (Å²) < 4.78 is 0. The van der Waals surface area contributed by atoms with E-state index < -0.39 is 6.04 Å². The highest BCUT2D eigenvalue weighted by atomic mass is 35.5. The van der Waals surface area contributed by atoms with Gasteiger partial charge in [-0.2, -0.15) is 0 Å². The predicted molar refractivity (Wildman–Crippen MR) is 141 cm³/mol. The van der Waals surface area contributed by atoms with Crippen LogP contribution in [-0.4, -0.2) is 38.5 Å². The normalized spacial score (nSPS) is 15.1. The molecule has 1 atom stereocenters. The van der Waals surface area contributed by atoms with Crippen LogP contribution in [0.2, 0.25) is 5.02 Å². The largest absolute Gasteiger partial charge is 0.323 e. The average molecular weight is 511 g/mol. The van der Waals surface area contributed by atoms with E-state index in [1.54, 1.807) is 71.8 Å². The van der Waals surface area contributed by atoms with Gasteiger partial charge in [-0.3, -0.25) is 19.4 Å². The van der Waals surface area contributed by atoms with Gasteiger partial charge in [-0.1, -0.05) is 48.0 Å². The maximum Gasteiger partial charge on any atom is 0.256 e. The third kappa shape index (κ3) is 5.27. The topological polar surface area (TPSA) is 92.3 Å². The molecule has 0 saturated heterocycles. The summed E-state index contributed by atoms with van der Waals surface area (Å²) in [6.07, 6.45) is 1.90. The lowest BCUT2D eigenvalue weighted by molar-refractivity contribution is -0.120. The molecule has 184 valence electrons. The zero-order chi connectivity index (χ0) is 25.9. The van der Waals surface area contributed by atoms with Crippen LogP contribution in [0.25, 0.3) is 0 Å². The van der Waals surface area contributed by atoms with Crippen LogP contribution in [-0.2, 0) is 17.8 Å². The molecular weight excluding hydrogens is 488 g/mol. The molecule has 2 aromatic carbocycles. The number of nitrogens with zero attached hydrogens (tertiary/aromatic N) is 3. The van der Waals surface area contributed by atoms with Gasteiger partial charge in [0.15, 0.2) is 0 Å². The molecular formula is C29H23ClN4O3. The monoisotopic (exact) mass is 510 g/mol. The molecule has 1 N–H and O–H groups in total. The van der Waals surface area contributed by atoms with E-state index in [4.69, 9.17) is 11.6 Å². The molecule has 7 nitrogen and oxygen atoms in total. The lowest BCUT2D eigenvalue weighted by Gasteiger charge is -2.28. The van der Waals surface area contributed by atoms with Crippen molar-refractivity contribution in [1.82, 2.24) is 14.9 Å². The van der Waals surface area contributed by atoms with E-state index in [-0.39, 0.29) is 30.6 Å². The van der Waals surface area contributed by atoms with Gasteiger partial charge >= 0.3 is 0 Å². The van der Waals surface area contributed by atoms with Crippen LogP contribution in [0.5, 0.6) is 0 Å². The average Bonchev–Trinajstić information content (AvgIpc) is 2.99. The number of nitrogens with one attached hydrogen (secondary N) is 1. The Kier molecular flexibility index (Phi) is 6.79. The molecule has 8 heteroatoms. The molecule has 0 aliphatic carbocycles. The highest BCUT2D eigenvalue weighted by Gasteiger charge is 2.36. The molecule has 1 aliphatic heterocycles. The zero-order valence-electron chi connectivity index (χ0n) is 20.0. The SMILES string of the molecule is Cc1cccc(C(=O)c2ccc(CN3C(=O)c4ccc(Cl)cc4NC(=O)C3Cc3ccccn3)cc2)n1. The summed E-state index contributed by atoms with van der Waals surface area (Å²) in [6.45, 7) is 2.00. The quantitative estimate of drug-likeness (QED) is 0.373. The van der Waals surface area contributed by atoms with E-state index in [2.05, 4.69) is 15.3 Å². The second-order valence-electron chi connectivity index (χ2n) is 8.84. The standard InChI is InChI=1S/C29H23ClN4O3/c1-18-5-4-7-24(32-18)27(35)20-10-8-19(9-11-20)17-34-26(16-22-6-2-3-14-31-22)28(36)33-25-15-21(30)12-13-23(25)29(34)37/h2-15,26H,16-17H2,1H3,(H,33,36). The van der Waals surface area contributed by atoms with E-state index >= 15 is 0 Å². The Balaban J connectivity index is 1.46. The summed E-state index contributed by atoms with van der Waals surface area (Å²) in [5.74, 6) is -0.799. The molecule has 4 aromatic rings. The van der Waals surface area contributed by atoms with Crippen LogP contribution in [0.3, 0.4) is 0 Å². The number of halogens is 1. The van der Waals surface area contributed by atoms with Gasteiger partial charge in [0.1, 0.15) is 11.7 Å². The second-order valence-corrected chi connectivity index (χ2v) is 9.28. The Morgan fingerprint density at radius 2 is 1.81 bits per heavy atom. The van der Waals surface area contributed by atoms with Crippen LogP contribution in [0, 0.1) is 6.92 Å². The predicted octanol–water partition coefficient (Wildman–Crippen LogP) is 4.88. The maximum absolute atomic E-state index is 13.7. The molecule has 0 spiro atoms. The molecule has 0 fully saturated rings. The van der Waals surface area contributed by atoms with Crippen molar-refractivity contribution >= 4 is 34.9 Å². The Labute approximate surface area is 219 Å². The Morgan fingerprint density at radius 1 is 1.00 bits per heavy atom. The summed E-state index contributed by atoms with van der Waals surface area (Å²) in [5.41, 5.74) is 3.83. The van der Waals surface area contributed by atoms with E-state index in [1.807, 2.05) is 25.1 Å². The number of amides is 2. The fourth-order valence-electron chi connectivity index (χ4n) is 4.34. The Bertz CT molecular complexity index is 1490. The number of pyridine rings is 2. The number of rotatable bonds is 6. The van der Waals surface area contributed by atoms with Gasteiger partial charge in [-0.05, 0) is 55.0 Å². The summed E-state index contributed by atoms with van der Waals surface area (Å²) in [6, 6.07) is 21.8. The first-order chi connectivity index (χ1) is 17.9. The number of hydrogen-bond acceptors (Lipinski definition) is 5. The van der Waals surface area contributed by atoms with Crippen molar-refractivity contribution in [3.63, 3.8) is 0 Å². The van der Waals surface area contributed by atoms with Crippen molar-refractivity contribution in [2.45, 2.75) is 25.9 Å². The number of anilines is 1. The van der Waals surface area contributed by atoms with Gasteiger partial charge in [0.05, 0.1) is 11.3 Å². The fraction of sp³-hybridized carbons (Fsp3) is 0.138. The molecule has 0 radical (unpaired) electrons. The Hall–Kier alpha value is -4.36. The first-order valence-corrected chi connectivity index (χ1v) is 12.2. The lowest BCUT2D eigenvalue weighted by atomic mass is 10.0. The van der Waals surface area contributed by atoms with Crippen LogP contribution in [0.1, 0.15) is 43.4 Å². The van der Waals surface area contributed by atoms with E-state index in [9.17, 15) is 14.4 Å². The minimum atomic E-state index is -0.800. The van der Waals surface area contributed by atoms with E-state index in [0.29, 0.717) is 33.2 Å². The number of carbonyl (C=O) groups is 3. The molecule has 1 aliphatic rings. The minimum absolute atomic E-state index is 0.170. The third-order valence-corrected chi connectivity index (χ3v) is 6.46. The highest BCUT2D eigenvalue weighted by molar-refractivity contribution is 6.31. The van der Waals surface area contributed by atoms with Crippen LogP contribution >= 0.6 is 11.6 Å². The summed E-state index contributed by atoms with van der Waals surface area (Å²) in [4.78, 5) is 50.1. The van der Waals surface area contributed by atoms with Crippen molar-refractivity contribution in [3.8, 4) is 0 Å². The van der Waals surface area contributed by atoms with E-state index in [1.165, 1.54) is 0 Å². The zero-order valence-corrected chi connectivity index (χ0v) is 20.8. The molecule has 0 bridgehead atoms. The molecule has 3 heterocycles. The number of ketones is 1. The summed E-state index contributed by atoms with van der Waals surface area (Å²) in [7, 11) is 0. The van der Waals surface area contributed by atoms with Crippen molar-refractivity contribution in [2.24, 2.45) is 0 Å². The summed E-state index contributed by atoms with van der Waals surface area (Å²) >= 11 is 6.13. The molecule has 1 unspecified atom stereocenters.